The molecule has 0 spiro atoms. The number of carbonyl (C=O) groups is 2. The summed E-state index contributed by atoms with van der Waals surface area (Å²) in [6.45, 7) is 5.65. The lowest BCUT2D eigenvalue weighted by Gasteiger charge is -2.40. The van der Waals surface area contributed by atoms with Gasteiger partial charge in [0.1, 0.15) is 0 Å². The van der Waals surface area contributed by atoms with Gasteiger partial charge < -0.3 is 14.6 Å². The maximum atomic E-state index is 13.1. The zero-order chi connectivity index (χ0) is 18.9. The molecule has 1 aliphatic carbocycles. The van der Waals surface area contributed by atoms with Crippen LogP contribution in [-0.4, -0.2) is 43.1 Å². The third-order valence-electron chi connectivity index (χ3n) is 4.56. The van der Waals surface area contributed by atoms with Gasteiger partial charge in [-0.05, 0) is 46.1 Å². The highest BCUT2D eigenvalue weighted by Crippen LogP contribution is 2.31. The predicted octanol–water partition coefficient (Wildman–Crippen LogP) is 2.06. The highest BCUT2D eigenvalue weighted by atomic mass is 16.3. The number of amides is 2. The minimum atomic E-state index is -0.852. The largest absolute Gasteiger partial charge is 0.438 e. The quantitative estimate of drug-likeness (QED) is 0.882. The van der Waals surface area contributed by atoms with Crippen LogP contribution in [0.4, 0.5) is 0 Å². The van der Waals surface area contributed by atoms with Crippen LogP contribution in [0.3, 0.4) is 0 Å². The van der Waals surface area contributed by atoms with Crippen molar-refractivity contribution < 1.29 is 14.0 Å². The SMILES string of the molecule is Cn1ccc(C(C(=O)NC2CCC2)N(C(=O)c2cnco2)C(C)(C)C)n1. The molecule has 8 heteroatoms. The van der Waals surface area contributed by atoms with Crippen molar-refractivity contribution in [3.05, 3.63) is 36.3 Å². The Morgan fingerprint density at radius 3 is 2.58 bits per heavy atom. The first-order valence-corrected chi connectivity index (χ1v) is 8.79. The first-order valence-electron chi connectivity index (χ1n) is 8.79. The minimum Gasteiger partial charge on any atom is -0.438 e. The number of rotatable bonds is 5. The molecule has 2 aromatic rings. The molecule has 26 heavy (non-hydrogen) atoms. The molecule has 1 fully saturated rings. The maximum absolute atomic E-state index is 13.1. The molecule has 0 radical (unpaired) electrons. The highest BCUT2D eigenvalue weighted by molar-refractivity contribution is 5.96. The van der Waals surface area contributed by atoms with Gasteiger partial charge in [0.05, 0.1) is 11.9 Å². The molecule has 1 saturated carbocycles. The molecule has 2 amide bonds. The van der Waals surface area contributed by atoms with Gasteiger partial charge in [-0.3, -0.25) is 14.3 Å². The second-order valence-electron chi connectivity index (χ2n) is 7.66. The van der Waals surface area contributed by atoms with Crippen LogP contribution in [0, 0.1) is 0 Å². The van der Waals surface area contributed by atoms with E-state index in [0.717, 1.165) is 19.3 Å². The fraction of sp³-hybridized carbons (Fsp3) is 0.556. The fourth-order valence-corrected chi connectivity index (χ4v) is 3.04. The molecular formula is C18H25N5O3. The zero-order valence-electron chi connectivity index (χ0n) is 15.6. The molecule has 1 N–H and O–H groups in total. The second kappa shape index (κ2) is 6.93. The van der Waals surface area contributed by atoms with E-state index in [0.29, 0.717) is 5.69 Å². The maximum Gasteiger partial charge on any atom is 0.292 e. The summed E-state index contributed by atoms with van der Waals surface area (Å²) in [5.74, 6) is -0.525. The molecule has 0 bridgehead atoms. The minimum absolute atomic E-state index is 0.0947. The van der Waals surface area contributed by atoms with E-state index in [2.05, 4.69) is 15.4 Å². The summed E-state index contributed by atoms with van der Waals surface area (Å²) in [6, 6.07) is 1.07. The van der Waals surface area contributed by atoms with E-state index in [1.54, 1.807) is 24.0 Å². The summed E-state index contributed by atoms with van der Waals surface area (Å²) in [5, 5.41) is 7.45. The third kappa shape index (κ3) is 3.63. The van der Waals surface area contributed by atoms with Crippen molar-refractivity contribution in [2.45, 2.75) is 57.7 Å². The van der Waals surface area contributed by atoms with Gasteiger partial charge in [-0.2, -0.15) is 5.10 Å². The van der Waals surface area contributed by atoms with Crippen molar-refractivity contribution in [1.82, 2.24) is 25.0 Å². The summed E-state index contributed by atoms with van der Waals surface area (Å²) < 4.78 is 6.82. The Morgan fingerprint density at radius 2 is 2.12 bits per heavy atom. The number of hydrogen-bond acceptors (Lipinski definition) is 5. The van der Waals surface area contributed by atoms with Crippen molar-refractivity contribution >= 4 is 11.8 Å². The summed E-state index contributed by atoms with van der Waals surface area (Å²) in [6.07, 6.45) is 7.37. The number of aromatic nitrogens is 3. The van der Waals surface area contributed by atoms with Gasteiger partial charge in [-0.15, -0.1) is 0 Å². The number of nitrogens with one attached hydrogen (secondary N) is 1. The van der Waals surface area contributed by atoms with Crippen LogP contribution in [0.5, 0.6) is 0 Å². The highest BCUT2D eigenvalue weighted by Gasteiger charge is 2.42. The Labute approximate surface area is 152 Å². The monoisotopic (exact) mass is 359 g/mol. The molecule has 3 rings (SSSR count). The number of hydrogen-bond donors (Lipinski definition) is 1. The molecule has 0 saturated heterocycles. The Hall–Kier alpha value is -2.64. The van der Waals surface area contributed by atoms with Gasteiger partial charge in [0.15, 0.2) is 12.4 Å². The van der Waals surface area contributed by atoms with Crippen LogP contribution in [0.25, 0.3) is 0 Å². The summed E-state index contributed by atoms with van der Waals surface area (Å²) >= 11 is 0. The Bertz CT molecular complexity index is 771. The van der Waals surface area contributed by atoms with Crippen molar-refractivity contribution in [3.8, 4) is 0 Å². The van der Waals surface area contributed by atoms with Crippen LogP contribution in [0.15, 0.2) is 29.3 Å². The average Bonchev–Trinajstić information content (AvgIpc) is 3.17. The standard InChI is InChI=1S/C18H25N5O3/c1-18(2,3)23(17(25)14-10-19-11-26-14)15(13-8-9-22(4)21-13)16(24)20-12-6-5-7-12/h8-12,15H,5-7H2,1-4H3,(H,20,24). The van der Waals surface area contributed by atoms with Gasteiger partial charge in [-0.1, -0.05) is 0 Å². The number of oxazole rings is 1. The molecule has 0 aliphatic heterocycles. The summed E-state index contributed by atoms with van der Waals surface area (Å²) in [7, 11) is 1.78. The lowest BCUT2D eigenvalue weighted by atomic mass is 9.92. The topological polar surface area (TPSA) is 93.3 Å². The van der Waals surface area contributed by atoms with E-state index in [4.69, 9.17) is 4.42 Å². The van der Waals surface area contributed by atoms with E-state index in [-0.39, 0.29) is 17.7 Å². The van der Waals surface area contributed by atoms with Gasteiger partial charge in [0.2, 0.25) is 11.7 Å². The second-order valence-corrected chi connectivity index (χ2v) is 7.66. The van der Waals surface area contributed by atoms with Crippen LogP contribution in [0.1, 0.15) is 62.3 Å². The van der Waals surface area contributed by atoms with E-state index in [1.807, 2.05) is 20.8 Å². The lowest BCUT2D eigenvalue weighted by Crippen LogP contribution is -2.54. The van der Waals surface area contributed by atoms with Crippen LogP contribution in [-0.2, 0) is 11.8 Å². The first-order chi connectivity index (χ1) is 12.3. The smallest absolute Gasteiger partial charge is 0.292 e. The molecule has 1 unspecified atom stereocenters. The Kier molecular flexibility index (Phi) is 4.84. The Balaban J connectivity index is 2.00. The fourth-order valence-electron chi connectivity index (χ4n) is 3.04. The van der Waals surface area contributed by atoms with E-state index >= 15 is 0 Å². The van der Waals surface area contributed by atoms with Gasteiger partial charge in [0, 0.05) is 24.8 Å². The van der Waals surface area contributed by atoms with Crippen molar-refractivity contribution in [2.24, 2.45) is 7.05 Å². The number of nitrogens with zero attached hydrogens (tertiary/aromatic N) is 4. The van der Waals surface area contributed by atoms with Crippen molar-refractivity contribution in [3.63, 3.8) is 0 Å². The Morgan fingerprint density at radius 1 is 1.38 bits per heavy atom. The lowest BCUT2D eigenvalue weighted by molar-refractivity contribution is -0.129. The zero-order valence-corrected chi connectivity index (χ0v) is 15.6. The molecule has 8 nitrogen and oxygen atoms in total. The molecule has 1 atom stereocenters. The van der Waals surface area contributed by atoms with Crippen LogP contribution < -0.4 is 5.32 Å². The first kappa shape index (κ1) is 18.2. The van der Waals surface area contributed by atoms with Gasteiger partial charge in [0.25, 0.3) is 5.91 Å². The van der Waals surface area contributed by atoms with Gasteiger partial charge >= 0.3 is 0 Å². The number of aryl methyl sites for hydroxylation is 1. The van der Waals surface area contributed by atoms with E-state index < -0.39 is 17.5 Å². The molecule has 1 aliphatic rings. The molecule has 2 aromatic heterocycles. The molecule has 2 heterocycles. The third-order valence-corrected chi connectivity index (χ3v) is 4.56. The van der Waals surface area contributed by atoms with E-state index in [1.165, 1.54) is 17.5 Å². The summed E-state index contributed by atoms with van der Waals surface area (Å²) in [5.41, 5.74) is -0.115. The normalized spacial score (nSPS) is 16.0. The summed E-state index contributed by atoms with van der Waals surface area (Å²) in [4.78, 5) is 31.6. The number of carbonyl (C=O) groups excluding carboxylic acids is 2. The molecular weight excluding hydrogens is 334 g/mol. The average molecular weight is 359 g/mol. The van der Waals surface area contributed by atoms with Crippen molar-refractivity contribution in [2.75, 3.05) is 0 Å². The van der Waals surface area contributed by atoms with E-state index in [9.17, 15) is 9.59 Å². The predicted molar refractivity (Wildman–Crippen MR) is 94.2 cm³/mol. The van der Waals surface area contributed by atoms with Gasteiger partial charge in [-0.25, -0.2) is 4.98 Å². The molecule has 140 valence electrons. The van der Waals surface area contributed by atoms with Crippen LogP contribution in [0.2, 0.25) is 0 Å². The molecule has 0 aromatic carbocycles. The van der Waals surface area contributed by atoms with Crippen molar-refractivity contribution in [1.29, 1.82) is 0 Å². The van der Waals surface area contributed by atoms with Crippen LogP contribution >= 0.6 is 0 Å².